The van der Waals surface area contributed by atoms with Crippen molar-refractivity contribution in [1.82, 2.24) is 4.98 Å². The molecule has 122 valence electrons. The van der Waals surface area contributed by atoms with Crippen molar-refractivity contribution >= 4 is 22.7 Å². The Kier molecular flexibility index (Phi) is 4.33. The second-order valence-electron chi connectivity index (χ2n) is 5.45. The summed E-state index contributed by atoms with van der Waals surface area (Å²) in [6.07, 6.45) is 2.51. The maximum Gasteiger partial charge on any atom is 0.338 e. The number of fused-ring (bicyclic) bond motifs is 1. The van der Waals surface area contributed by atoms with E-state index in [1.807, 2.05) is 25.1 Å². The Morgan fingerprint density at radius 2 is 1.96 bits per heavy atom. The van der Waals surface area contributed by atoms with Gasteiger partial charge in [0, 0.05) is 22.7 Å². The maximum absolute atomic E-state index is 12.4. The number of phenols is 1. The molecule has 0 aliphatic rings. The van der Waals surface area contributed by atoms with Gasteiger partial charge in [-0.25, -0.2) is 4.79 Å². The topological polar surface area (TPSA) is 79.4 Å². The summed E-state index contributed by atoms with van der Waals surface area (Å²) in [5, 5.41) is 10.2. The Bertz CT molecular complexity index is 911. The SMILES string of the molecule is CCc1cccc2c(C(=O)COC(=O)c3cccc(O)c3)c[nH]c12. The molecule has 0 radical (unpaired) electrons. The lowest BCUT2D eigenvalue weighted by molar-refractivity contribution is 0.0475. The summed E-state index contributed by atoms with van der Waals surface area (Å²) in [5.41, 5.74) is 2.77. The summed E-state index contributed by atoms with van der Waals surface area (Å²) < 4.78 is 5.06. The Morgan fingerprint density at radius 3 is 2.71 bits per heavy atom. The molecule has 3 rings (SSSR count). The van der Waals surface area contributed by atoms with E-state index in [2.05, 4.69) is 4.98 Å². The fourth-order valence-electron chi connectivity index (χ4n) is 2.67. The number of H-pyrrole nitrogens is 1. The molecule has 0 atom stereocenters. The molecule has 0 spiro atoms. The number of phenolic OH excluding ortho intramolecular Hbond substituents is 1. The third-order valence-electron chi connectivity index (χ3n) is 3.90. The predicted molar refractivity (Wildman–Crippen MR) is 90.4 cm³/mol. The quantitative estimate of drug-likeness (QED) is 0.556. The van der Waals surface area contributed by atoms with Crippen molar-refractivity contribution in [2.75, 3.05) is 6.61 Å². The van der Waals surface area contributed by atoms with Crippen LogP contribution in [0.4, 0.5) is 0 Å². The van der Waals surface area contributed by atoms with Crippen LogP contribution in [-0.2, 0) is 11.2 Å². The van der Waals surface area contributed by atoms with Gasteiger partial charge < -0.3 is 14.8 Å². The van der Waals surface area contributed by atoms with E-state index >= 15 is 0 Å². The summed E-state index contributed by atoms with van der Waals surface area (Å²) in [5.74, 6) is -0.948. The average molecular weight is 323 g/mol. The minimum Gasteiger partial charge on any atom is -0.508 e. The molecule has 0 amide bonds. The summed E-state index contributed by atoms with van der Waals surface area (Å²) in [4.78, 5) is 27.4. The number of hydrogen-bond donors (Lipinski definition) is 2. The van der Waals surface area contributed by atoms with E-state index in [0.717, 1.165) is 22.9 Å². The van der Waals surface area contributed by atoms with Crippen LogP contribution >= 0.6 is 0 Å². The van der Waals surface area contributed by atoms with E-state index in [-0.39, 0.29) is 23.7 Å². The van der Waals surface area contributed by atoms with Crippen molar-refractivity contribution in [2.24, 2.45) is 0 Å². The number of Topliss-reactive ketones (excluding diaryl/α,β-unsaturated/α-hetero) is 1. The first-order chi connectivity index (χ1) is 11.6. The van der Waals surface area contributed by atoms with Crippen molar-refractivity contribution in [3.8, 4) is 5.75 Å². The molecule has 0 aliphatic heterocycles. The molecular formula is C19H17NO4. The molecular weight excluding hydrogens is 306 g/mol. The Hall–Kier alpha value is -3.08. The molecule has 2 N–H and O–H groups in total. The van der Waals surface area contributed by atoms with E-state index in [0.29, 0.717) is 5.56 Å². The largest absolute Gasteiger partial charge is 0.508 e. The van der Waals surface area contributed by atoms with Crippen LogP contribution in [0, 0.1) is 0 Å². The highest BCUT2D eigenvalue weighted by atomic mass is 16.5. The molecule has 0 aliphatic carbocycles. The van der Waals surface area contributed by atoms with Crippen molar-refractivity contribution < 1.29 is 19.4 Å². The van der Waals surface area contributed by atoms with Crippen molar-refractivity contribution in [3.63, 3.8) is 0 Å². The number of nitrogens with one attached hydrogen (secondary N) is 1. The zero-order valence-corrected chi connectivity index (χ0v) is 13.2. The Labute approximate surface area is 138 Å². The number of esters is 1. The maximum atomic E-state index is 12.4. The van der Waals surface area contributed by atoms with Gasteiger partial charge in [-0.05, 0) is 30.2 Å². The Morgan fingerprint density at radius 1 is 1.17 bits per heavy atom. The number of aromatic hydroxyl groups is 1. The Balaban J connectivity index is 1.75. The summed E-state index contributed by atoms with van der Waals surface area (Å²) in [6.45, 7) is 1.70. The number of rotatable bonds is 5. The van der Waals surface area contributed by atoms with Crippen LogP contribution in [-0.4, -0.2) is 28.4 Å². The number of aryl methyl sites for hydroxylation is 1. The molecule has 0 unspecified atom stereocenters. The number of ketones is 1. The van der Waals surface area contributed by atoms with Crippen LogP contribution in [0.25, 0.3) is 10.9 Å². The van der Waals surface area contributed by atoms with Gasteiger partial charge in [0.25, 0.3) is 0 Å². The van der Waals surface area contributed by atoms with E-state index < -0.39 is 5.97 Å². The minimum absolute atomic E-state index is 0.0282. The first kappa shape index (κ1) is 15.8. The summed E-state index contributed by atoms with van der Waals surface area (Å²) >= 11 is 0. The zero-order valence-electron chi connectivity index (χ0n) is 13.2. The number of hydrogen-bond acceptors (Lipinski definition) is 4. The standard InChI is InChI=1S/C19H17NO4/c1-2-12-5-4-8-15-16(10-20-18(12)15)17(22)11-24-19(23)13-6-3-7-14(21)9-13/h3-10,20-21H,2,11H2,1H3. The average Bonchev–Trinajstić information content (AvgIpc) is 3.03. The smallest absolute Gasteiger partial charge is 0.338 e. The van der Waals surface area contributed by atoms with Crippen LogP contribution in [0.2, 0.25) is 0 Å². The zero-order chi connectivity index (χ0) is 17.1. The second kappa shape index (κ2) is 6.58. The lowest BCUT2D eigenvalue weighted by Gasteiger charge is -2.05. The summed E-state index contributed by atoms with van der Waals surface area (Å²) in [7, 11) is 0. The van der Waals surface area contributed by atoms with Crippen molar-refractivity contribution in [3.05, 3.63) is 65.4 Å². The third kappa shape index (κ3) is 3.01. The highest BCUT2D eigenvalue weighted by molar-refractivity contribution is 6.09. The van der Waals surface area contributed by atoms with Gasteiger partial charge in [0.2, 0.25) is 5.78 Å². The molecule has 0 bridgehead atoms. The number of para-hydroxylation sites is 1. The number of aromatic nitrogens is 1. The third-order valence-corrected chi connectivity index (χ3v) is 3.90. The lowest BCUT2D eigenvalue weighted by Crippen LogP contribution is -2.14. The predicted octanol–water partition coefficient (Wildman–Crippen LogP) is 3.48. The summed E-state index contributed by atoms with van der Waals surface area (Å²) in [6, 6.07) is 11.6. The molecule has 3 aromatic rings. The monoisotopic (exact) mass is 323 g/mol. The first-order valence-electron chi connectivity index (χ1n) is 7.68. The van der Waals surface area contributed by atoms with E-state index in [1.165, 1.54) is 18.2 Å². The van der Waals surface area contributed by atoms with Gasteiger partial charge in [0.05, 0.1) is 5.56 Å². The van der Waals surface area contributed by atoms with Crippen LogP contribution in [0.15, 0.2) is 48.7 Å². The second-order valence-corrected chi connectivity index (χ2v) is 5.45. The number of carbonyl (C=O) groups is 2. The molecule has 0 fully saturated rings. The van der Waals surface area contributed by atoms with Gasteiger partial charge >= 0.3 is 5.97 Å². The van der Waals surface area contributed by atoms with Gasteiger partial charge in [-0.1, -0.05) is 31.2 Å². The molecule has 5 heteroatoms. The number of ether oxygens (including phenoxy) is 1. The molecule has 5 nitrogen and oxygen atoms in total. The normalized spacial score (nSPS) is 10.7. The fraction of sp³-hybridized carbons (Fsp3) is 0.158. The molecule has 0 saturated carbocycles. The fourth-order valence-corrected chi connectivity index (χ4v) is 2.67. The van der Waals surface area contributed by atoms with Crippen LogP contribution in [0.5, 0.6) is 5.75 Å². The number of benzene rings is 2. The highest BCUT2D eigenvalue weighted by Crippen LogP contribution is 2.22. The molecule has 0 saturated heterocycles. The van der Waals surface area contributed by atoms with Crippen LogP contribution in [0.1, 0.15) is 33.2 Å². The first-order valence-corrected chi connectivity index (χ1v) is 7.68. The highest BCUT2D eigenvalue weighted by Gasteiger charge is 2.16. The van der Waals surface area contributed by atoms with Crippen LogP contribution < -0.4 is 0 Å². The van der Waals surface area contributed by atoms with E-state index in [9.17, 15) is 14.7 Å². The van der Waals surface area contributed by atoms with Crippen LogP contribution in [0.3, 0.4) is 0 Å². The van der Waals surface area contributed by atoms with Gasteiger partial charge in [-0.15, -0.1) is 0 Å². The van der Waals surface area contributed by atoms with Crippen molar-refractivity contribution in [1.29, 1.82) is 0 Å². The van der Waals surface area contributed by atoms with Crippen molar-refractivity contribution in [2.45, 2.75) is 13.3 Å². The number of carbonyl (C=O) groups excluding carboxylic acids is 2. The van der Waals surface area contributed by atoms with Gasteiger partial charge in [-0.2, -0.15) is 0 Å². The molecule has 1 aromatic heterocycles. The lowest BCUT2D eigenvalue weighted by atomic mass is 10.1. The van der Waals surface area contributed by atoms with E-state index in [4.69, 9.17) is 4.74 Å². The number of aromatic amines is 1. The molecule has 2 aromatic carbocycles. The molecule has 24 heavy (non-hydrogen) atoms. The minimum atomic E-state index is -0.645. The van der Waals surface area contributed by atoms with E-state index in [1.54, 1.807) is 12.3 Å². The van der Waals surface area contributed by atoms with Gasteiger partial charge in [0.15, 0.2) is 6.61 Å². The van der Waals surface area contributed by atoms with Gasteiger partial charge in [-0.3, -0.25) is 4.79 Å². The van der Waals surface area contributed by atoms with Gasteiger partial charge in [0.1, 0.15) is 5.75 Å². The molecule has 1 heterocycles.